The van der Waals surface area contributed by atoms with E-state index in [1.165, 1.54) is 19.2 Å². The summed E-state index contributed by atoms with van der Waals surface area (Å²) in [6, 6.07) is 5.81. The largest absolute Gasteiger partial charge is 0.341 e. The first kappa shape index (κ1) is 15.5. The molecule has 0 bridgehead atoms. The molecule has 3 amide bonds. The molecule has 0 aliphatic carbocycles. The van der Waals surface area contributed by atoms with Crippen LogP contribution in [0.4, 0.5) is 9.18 Å². The Morgan fingerprint density at radius 3 is 2.53 bits per heavy atom. The summed E-state index contributed by atoms with van der Waals surface area (Å²) in [6.07, 6.45) is 0.267. The van der Waals surface area contributed by atoms with Gasteiger partial charge in [0.1, 0.15) is 5.82 Å². The predicted molar refractivity (Wildman–Crippen MR) is 74.5 cm³/mol. The van der Waals surface area contributed by atoms with E-state index in [0.717, 1.165) is 5.56 Å². The van der Waals surface area contributed by atoms with Crippen LogP contribution < -0.4 is 10.6 Å². The van der Waals surface area contributed by atoms with Crippen molar-refractivity contribution in [3.8, 4) is 0 Å². The molecule has 6 heteroatoms. The molecule has 0 heterocycles. The van der Waals surface area contributed by atoms with Gasteiger partial charge in [0, 0.05) is 24.5 Å². The van der Waals surface area contributed by atoms with Crippen molar-refractivity contribution < 1.29 is 14.0 Å². The van der Waals surface area contributed by atoms with E-state index < -0.39 is 6.03 Å². The topological polar surface area (TPSA) is 58.2 Å². The smallest absolute Gasteiger partial charge is 0.321 e. The molecule has 0 aliphatic heterocycles. The molecule has 0 fully saturated rings. The first-order chi connectivity index (χ1) is 9.02. The second-order valence-corrected chi connectivity index (χ2v) is 5.39. The van der Waals surface area contributed by atoms with Crippen molar-refractivity contribution >= 4 is 23.7 Å². The molecule has 4 nitrogen and oxygen atoms in total. The molecule has 104 valence electrons. The number of nitrogens with one attached hydrogen (secondary N) is 2. The van der Waals surface area contributed by atoms with Gasteiger partial charge >= 0.3 is 6.03 Å². The zero-order valence-corrected chi connectivity index (χ0v) is 11.7. The van der Waals surface area contributed by atoms with Crippen molar-refractivity contribution in [2.45, 2.75) is 18.6 Å². The van der Waals surface area contributed by atoms with Crippen LogP contribution in [0.1, 0.15) is 24.2 Å². The summed E-state index contributed by atoms with van der Waals surface area (Å²) in [5.41, 5.74) is 1.01. The summed E-state index contributed by atoms with van der Waals surface area (Å²) < 4.78 is 12.8. The van der Waals surface area contributed by atoms with Gasteiger partial charge in [-0.05, 0) is 24.6 Å². The van der Waals surface area contributed by atoms with E-state index in [1.807, 2.05) is 6.92 Å². The number of hydrogen-bond donors (Lipinski definition) is 2. The van der Waals surface area contributed by atoms with Crippen LogP contribution in [0.25, 0.3) is 0 Å². The zero-order chi connectivity index (χ0) is 14.3. The maximum Gasteiger partial charge on any atom is 0.321 e. The highest BCUT2D eigenvalue weighted by molar-refractivity contribution is 7.99. The van der Waals surface area contributed by atoms with E-state index in [0.29, 0.717) is 5.75 Å². The number of carbonyl (C=O) groups excluding carboxylic acids is 2. The summed E-state index contributed by atoms with van der Waals surface area (Å²) >= 11 is 1.58. The zero-order valence-electron chi connectivity index (χ0n) is 10.9. The van der Waals surface area contributed by atoms with E-state index in [1.54, 1.807) is 23.9 Å². The van der Waals surface area contributed by atoms with Crippen LogP contribution in [0.5, 0.6) is 0 Å². The van der Waals surface area contributed by atoms with E-state index in [2.05, 4.69) is 10.6 Å². The minimum Gasteiger partial charge on any atom is -0.341 e. The number of thioether (sulfide) groups is 1. The van der Waals surface area contributed by atoms with Gasteiger partial charge in [-0.3, -0.25) is 10.1 Å². The standard InChI is InChI=1S/C13H17FN2O2S/c1-9(10-3-5-11(14)6-4-10)19-8-7-12(17)16-13(18)15-2/h3-6,9H,7-8H2,1-2H3,(H2,15,16,17,18). The first-order valence-electron chi connectivity index (χ1n) is 5.91. The third-order valence-electron chi connectivity index (χ3n) is 2.52. The fraction of sp³-hybridized carbons (Fsp3) is 0.385. The number of rotatable bonds is 5. The summed E-state index contributed by atoms with van der Waals surface area (Å²) in [5.74, 6) is 0.0329. The van der Waals surface area contributed by atoms with E-state index >= 15 is 0 Å². The lowest BCUT2D eigenvalue weighted by Crippen LogP contribution is -2.37. The Labute approximate surface area is 116 Å². The van der Waals surface area contributed by atoms with Crippen LogP contribution in [0, 0.1) is 5.82 Å². The highest BCUT2D eigenvalue weighted by atomic mass is 32.2. The highest BCUT2D eigenvalue weighted by Gasteiger charge is 2.09. The maximum absolute atomic E-state index is 12.8. The second-order valence-electron chi connectivity index (χ2n) is 3.94. The van der Waals surface area contributed by atoms with Crippen molar-refractivity contribution in [2.75, 3.05) is 12.8 Å². The number of amides is 3. The Morgan fingerprint density at radius 2 is 1.95 bits per heavy atom. The van der Waals surface area contributed by atoms with Crippen LogP contribution in [0.15, 0.2) is 24.3 Å². The first-order valence-corrected chi connectivity index (χ1v) is 6.96. The molecule has 1 atom stereocenters. The molecule has 1 unspecified atom stereocenters. The molecule has 0 saturated heterocycles. The minimum atomic E-state index is -0.499. The van der Waals surface area contributed by atoms with Crippen LogP contribution in [-0.2, 0) is 4.79 Å². The second kappa shape index (κ2) is 7.78. The fourth-order valence-corrected chi connectivity index (χ4v) is 2.42. The van der Waals surface area contributed by atoms with Gasteiger partial charge in [-0.1, -0.05) is 12.1 Å². The monoisotopic (exact) mass is 284 g/mol. The molecule has 0 aromatic heterocycles. The average Bonchev–Trinajstić information content (AvgIpc) is 2.39. The Morgan fingerprint density at radius 1 is 1.32 bits per heavy atom. The van der Waals surface area contributed by atoms with Crippen LogP contribution >= 0.6 is 11.8 Å². The summed E-state index contributed by atoms with van der Waals surface area (Å²) in [5, 5.41) is 4.69. The van der Waals surface area contributed by atoms with Crippen LogP contribution in [0.2, 0.25) is 0 Å². The number of hydrogen-bond acceptors (Lipinski definition) is 3. The number of carbonyl (C=O) groups is 2. The molecular formula is C13H17FN2O2S. The molecular weight excluding hydrogens is 267 g/mol. The van der Waals surface area contributed by atoms with Gasteiger partial charge in [-0.15, -0.1) is 0 Å². The normalized spacial score (nSPS) is 11.7. The average molecular weight is 284 g/mol. The van der Waals surface area contributed by atoms with Gasteiger partial charge in [0.05, 0.1) is 0 Å². The van der Waals surface area contributed by atoms with Gasteiger partial charge in [0.15, 0.2) is 0 Å². The highest BCUT2D eigenvalue weighted by Crippen LogP contribution is 2.28. The van der Waals surface area contributed by atoms with Crippen molar-refractivity contribution in [3.63, 3.8) is 0 Å². The third-order valence-corrected chi connectivity index (χ3v) is 3.73. The Hall–Kier alpha value is -1.56. The maximum atomic E-state index is 12.8. The predicted octanol–water partition coefficient (Wildman–Crippen LogP) is 2.47. The van der Waals surface area contributed by atoms with Gasteiger partial charge in [-0.2, -0.15) is 11.8 Å². The molecule has 0 aliphatic rings. The molecule has 2 N–H and O–H groups in total. The number of urea groups is 1. The number of benzene rings is 1. The molecule has 0 saturated carbocycles. The van der Waals surface area contributed by atoms with Crippen molar-refractivity contribution in [1.82, 2.24) is 10.6 Å². The quantitative estimate of drug-likeness (QED) is 0.873. The minimum absolute atomic E-state index is 0.174. The van der Waals surface area contributed by atoms with Gasteiger partial charge < -0.3 is 5.32 Å². The Balaban J connectivity index is 2.31. The van der Waals surface area contributed by atoms with Crippen molar-refractivity contribution in [2.24, 2.45) is 0 Å². The van der Waals surface area contributed by atoms with Crippen LogP contribution in [0.3, 0.4) is 0 Å². The molecule has 1 aromatic carbocycles. The van der Waals surface area contributed by atoms with Crippen LogP contribution in [-0.4, -0.2) is 24.7 Å². The number of halogens is 1. The third kappa shape index (κ3) is 5.74. The molecule has 1 aromatic rings. The fourth-order valence-electron chi connectivity index (χ4n) is 1.41. The lowest BCUT2D eigenvalue weighted by atomic mass is 10.2. The molecule has 0 spiro atoms. The molecule has 0 radical (unpaired) electrons. The van der Waals surface area contributed by atoms with E-state index in [-0.39, 0.29) is 23.4 Å². The molecule has 19 heavy (non-hydrogen) atoms. The van der Waals surface area contributed by atoms with Gasteiger partial charge in [0.2, 0.25) is 5.91 Å². The van der Waals surface area contributed by atoms with Gasteiger partial charge in [0.25, 0.3) is 0 Å². The lowest BCUT2D eigenvalue weighted by Gasteiger charge is -2.11. The SMILES string of the molecule is CNC(=O)NC(=O)CCSC(C)c1ccc(F)cc1. The number of imide groups is 1. The lowest BCUT2D eigenvalue weighted by molar-refractivity contribution is -0.119. The summed E-state index contributed by atoms with van der Waals surface area (Å²) in [7, 11) is 1.45. The van der Waals surface area contributed by atoms with E-state index in [9.17, 15) is 14.0 Å². The summed E-state index contributed by atoms with van der Waals surface area (Å²) in [4.78, 5) is 22.2. The Bertz CT molecular complexity index is 437. The van der Waals surface area contributed by atoms with Crippen molar-refractivity contribution in [1.29, 1.82) is 0 Å². The summed E-state index contributed by atoms with van der Waals surface area (Å²) in [6.45, 7) is 1.99. The van der Waals surface area contributed by atoms with Crippen molar-refractivity contribution in [3.05, 3.63) is 35.6 Å². The molecule has 1 rings (SSSR count). The van der Waals surface area contributed by atoms with E-state index in [4.69, 9.17) is 0 Å². The van der Waals surface area contributed by atoms with Gasteiger partial charge in [-0.25, -0.2) is 9.18 Å². The Kier molecular flexibility index (Phi) is 6.35.